The third-order valence-electron chi connectivity index (χ3n) is 6.04. The first-order valence-corrected chi connectivity index (χ1v) is 13.2. The SMILES string of the molecule is CS(=O)(=O)c1ccc(-n2ncc3c(OC4CCN(C=O)C(c5cc(F)cnc5Cl)C4)ncnc32)cc1. The lowest BCUT2D eigenvalue weighted by atomic mass is 9.94. The Morgan fingerprint density at radius 3 is 2.67 bits per heavy atom. The van der Waals surface area contributed by atoms with Gasteiger partial charge in [-0.25, -0.2) is 32.4 Å². The molecule has 1 amide bonds. The molecule has 2 unspecified atom stereocenters. The second kappa shape index (κ2) is 9.43. The van der Waals surface area contributed by atoms with Crippen LogP contribution in [0.2, 0.25) is 5.15 Å². The van der Waals surface area contributed by atoms with Gasteiger partial charge in [0.25, 0.3) is 0 Å². The number of piperidine rings is 1. The molecule has 4 heterocycles. The van der Waals surface area contributed by atoms with Crippen molar-refractivity contribution < 1.29 is 22.3 Å². The molecule has 4 aromatic rings. The van der Waals surface area contributed by atoms with Crippen LogP contribution in [0.25, 0.3) is 16.7 Å². The van der Waals surface area contributed by atoms with Crippen LogP contribution in [0.5, 0.6) is 5.88 Å². The van der Waals surface area contributed by atoms with Gasteiger partial charge in [-0.1, -0.05) is 11.6 Å². The fraction of sp³-hybridized carbons (Fsp3) is 0.261. The lowest BCUT2D eigenvalue weighted by Crippen LogP contribution is -2.40. The molecule has 1 fully saturated rings. The van der Waals surface area contributed by atoms with Gasteiger partial charge in [0.1, 0.15) is 28.8 Å². The standard InChI is InChI=1S/C23H20ClFN6O4S/c1-36(33,34)17-4-2-15(3-5-17)31-22-19(11-29-31)23(28-12-27-22)35-16-6-7-30(13-32)20(9-16)18-8-14(25)10-26-21(18)24/h2-5,8,10-13,16,20H,6-7,9H2,1H3. The number of amides is 1. The van der Waals surface area contributed by atoms with Crippen molar-refractivity contribution in [2.75, 3.05) is 12.8 Å². The summed E-state index contributed by atoms with van der Waals surface area (Å²) in [5.41, 5.74) is 1.51. The zero-order chi connectivity index (χ0) is 25.4. The van der Waals surface area contributed by atoms with Crippen LogP contribution in [-0.4, -0.2) is 63.4 Å². The minimum absolute atomic E-state index is 0.126. The molecule has 186 valence electrons. The molecule has 1 saturated heterocycles. The molecular formula is C23H20ClFN6O4S. The summed E-state index contributed by atoms with van der Waals surface area (Å²) in [7, 11) is -3.32. The third kappa shape index (κ3) is 4.61. The number of nitrogens with zero attached hydrogens (tertiary/aromatic N) is 6. The summed E-state index contributed by atoms with van der Waals surface area (Å²) in [6, 6.07) is 7.06. The Labute approximate surface area is 210 Å². The molecule has 5 rings (SSSR count). The number of rotatable bonds is 6. The van der Waals surface area contributed by atoms with E-state index >= 15 is 0 Å². The Hall–Kier alpha value is -3.64. The number of pyridine rings is 1. The topological polar surface area (TPSA) is 120 Å². The Morgan fingerprint density at radius 2 is 1.94 bits per heavy atom. The van der Waals surface area contributed by atoms with E-state index in [1.807, 2.05) is 0 Å². The van der Waals surface area contributed by atoms with Gasteiger partial charge in [0, 0.05) is 31.2 Å². The summed E-state index contributed by atoms with van der Waals surface area (Å²) in [5, 5.41) is 5.07. The summed E-state index contributed by atoms with van der Waals surface area (Å²) in [6.07, 6.45) is 6.35. The molecule has 36 heavy (non-hydrogen) atoms. The molecule has 10 nitrogen and oxygen atoms in total. The van der Waals surface area contributed by atoms with Crippen molar-refractivity contribution in [2.24, 2.45) is 0 Å². The van der Waals surface area contributed by atoms with Crippen molar-refractivity contribution >= 4 is 38.9 Å². The van der Waals surface area contributed by atoms with Gasteiger partial charge < -0.3 is 9.64 Å². The van der Waals surface area contributed by atoms with E-state index in [4.69, 9.17) is 16.3 Å². The van der Waals surface area contributed by atoms with E-state index in [-0.39, 0.29) is 16.2 Å². The maximum atomic E-state index is 13.9. The normalized spacial score (nSPS) is 18.4. The smallest absolute Gasteiger partial charge is 0.228 e. The highest BCUT2D eigenvalue weighted by atomic mass is 35.5. The molecule has 0 N–H and O–H groups in total. The van der Waals surface area contributed by atoms with E-state index < -0.39 is 21.7 Å². The predicted molar refractivity (Wildman–Crippen MR) is 128 cm³/mol. The molecule has 0 aliphatic carbocycles. The molecule has 0 radical (unpaired) electrons. The number of likely N-dealkylation sites (tertiary alicyclic amines) is 1. The van der Waals surface area contributed by atoms with Gasteiger partial charge >= 0.3 is 0 Å². The van der Waals surface area contributed by atoms with E-state index in [1.54, 1.807) is 27.9 Å². The van der Waals surface area contributed by atoms with Crippen LogP contribution in [0.3, 0.4) is 0 Å². The van der Waals surface area contributed by atoms with Gasteiger partial charge in [0.05, 0.1) is 29.0 Å². The van der Waals surface area contributed by atoms with E-state index in [0.29, 0.717) is 54.0 Å². The number of hydrogen-bond donors (Lipinski definition) is 0. The van der Waals surface area contributed by atoms with Crippen molar-refractivity contribution in [3.8, 4) is 11.6 Å². The number of ether oxygens (including phenoxy) is 1. The highest BCUT2D eigenvalue weighted by molar-refractivity contribution is 7.90. The first-order valence-electron chi connectivity index (χ1n) is 10.9. The van der Waals surface area contributed by atoms with Crippen LogP contribution in [0.15, 0.2) is 53.9 Å². The second-order valence-electron chi connectivity index (χ2n) is 8.40. The van der Waals surface area contributed by atoms with Gasteiger partial charge in [0.15, 0.2) is 15.5 Å². The molecule has 3 aromatic heterocycles. The summed E-state index contributed by atoms with van der Waals surface area (Å²) >= 11 is 6.21. The Morgan fingerprint density at radius 1 is 1.17 bits per heavy atom. The van der Waals surface area contributed by atoms with Crippen LogP contribution < -0.4 is 4.74 Å². The van der Waals surface area contributed by atoms with E-state index in [2.05, 4.69) is 20.1 Å². The monoisotopic (exact) mass is 530 g/mol. The molecule has 2 atom stereocenters. The van der Waals surface area contributed by atoms with Crippen molar-refractivity contribution in [3.05, 3.63) is 65.6 Å². The van der Waals surface area contributed by atoms with Crippen molar-refractivity contribution in [3.63, 3.8) is 0 Å². The Kier molecular flexibility index (Phi) is 6.31. The number of fused-ring (bicyclic) bond motifs is 1. The first-order chi connectivity index (χ1) is 17.2. The zero-order valence-corrected chi connectivity index (χ0v) is 20.5. The van der Waals surface area contributed by atoms with Gasteiger partial charge in [-0.05, 0) is 30.3 Å². The molecule has 0 bridgehead atoms. The number of hydrogen-bond acceptors (Lipinski definition) is 8. The molecule has 1 aliphatic rings. The molecule has 1 aliphatic heterocycles. The number of halogens is 2. The zero-order valence-electron chi connectivity index (χ0n) is 19.0. The Balaban J connectivity index is 1.42. The van der Waals surface area contributed by atoms with E-state index in [0.717, 1.165) is 12.5 Å². The highest BCUT2D eigenvalue weighted by Crippen LogP contribution is 2.36. The van der Waals surface area contributed by atoms with Gasteiger partial charge in [-0.15, -0.1) is 0 Å². The Bertz CT molecular complexity index is 1550. The molecule has 0 spiro atoms. The van der Waals surface area contributed by atoms with Gasteiger partial charge in [0.2, 0.25) is 12.3 Å². The maximum Gasteiger partial charge on any atom is 0.228 e. The predicted octanol–water partition coefficient (Wildman–Crippen LogP) is 3.15. The molecular weight excluding hydrogens is 511 g/mol. The van der Waals surface area contributed by atoms with Crippen molar-refractivity contribution in [1.82, 2.24) is 29.6 Å². The van der Waals surface area contributed by atoms with E-state index in [1.165, 1.54) is 24.5 Å². The van der Waals surface area contributed by atoms with Crippen LogP contribution in [0.4, 0.5) is 4.39 Å². The lowest BCUT2D eigenvalue weighted by Gasteiger charge is -2.37. The van der Waals surface area contributed by atoms with Crippen molar-refractivity contribution in [1.29, 1.82) is 0 Å². The van der Waals surface area contributed by atoms with Gasteiger partial charge in [-0.2, -0.15) is 5.10 Å². The van der Waals surface area contributed by atoms with Crippen LogP contribution >= 0.6 is 11.6 Å². The number of aromatic nitrogens is 5. The average Bonchev–Trinajstić information content (AvgIpc) is 3.30. The van der Waals surface area contributed by atoms with E-state index in [9.17, 15) is 17.6 Å². The minimum atomic E-state index is -3.32. The molecule has 13 heteroatoms. The van der Waals surface area contributed by atoms with Crippen molar-refractivity contribution in [2.45, 2.75) is 29.9 Å². The number of carbonyl (C=O) groups excluding carboxylic acids is 1. The van der Waals surface area contributed by atoms with Crippen LogP contribution in [0, 0.1) is 5.82 Å². The van der Waals surface area contributed by atoms with Crippen LogP contribution in [0.1, 0.15) is 24.4 Å². The summed E-state index contributed by atoms with van der Waals surface area (Å²) in [4.78, 5) is 25.9. The molecule has 1 aromatic carbocycles. The highest BCUT2D eigenvalue weighted by Gasteiger charge is 2.32. The summed E-state index contributed by atoms with van der Waals surface area (Å²) in [6.45, 7) is 0.381. The fourth-order valence-electron chi connectivity index (χ4n) is 4.26. The second-order valence-corrected chi connectivity index (χ2v) is 10.8. The van der Waals surface area contributed by atoms with Gasteiger partial charge in [-0.3, -0.25) is 4.79 Å². The number of benzene rings is 1. The number of carbonyl (C=O) groups is 1. The van der Waals surface area contributed by atoms with Crippen LogP contribution in [-0.2, 0) is 14.6 Å². The molecule has 0 saturated carbocycles. The fourth-order valence-corrected chi connectivity index (χ4v) is 5.12. The first kappa shape index (κ1) is 24.1. The summed E-state index contributed by atoms with van der Waals surface area (Å²) < 4.78 is 45.1. The average molecular weight is 531 g/mol. The minimum Gasteiger partial charge on any atom is -0.474 e. The summed E-state index contributed by atoms with van der Waals surface area (Å²) in [5.74, 6) is -0.233. The largest absolute Gasteiger partial charge is 0.474 e. The number of sulfone groups is 1. The maximum absolute atomic E-state index is 13.9. The lowest BCUT2D eigenvalue weighted by molar-refractivity contribution is -0.123. The third-order valence-corrected chi connectivity index (χ3v) is 7.48. The quantitative estimate of drug-likeness (QED) is 0.275.